The lowest BCUT2D eigenvalue weighted by molar-refractivity contribution is 0.307. The molecule has 0 radical (unpaired) electrons. The smallest absolute Gasteiger partial charge is 0.129 e. The molecular weight excluding hydrogens is 328 g/mol. The molecule has 1 aromatic heterocycles. The summed E-state index contributed by atoms with van der Waals surface area (Å²) in [6.45, 7) is 1.27. The molecule has 0 unspecified atom stereocenters. The van der Waals surface area contributed by atoms with Crippen molar-refractivity contribution in [3.8, 4) is 17.0 Å². The molecule has 0 saturated carbocycles. The van der Waals surface area contributed by atoms with Crippen LogP contribution in [0.25, 0.3) is 11.3 Å². The summed E-state index contributed by atoms with van der Waals surface area (Å²) in [5, 5.41) is 6.86. The van der Waals surface area contributed by atoms with Crippen molar-refractivity contribution in [2.45, 2.75) is 13.2 Å². The highest BCUT2D eigenvalue weighted by molar-refractivity contribution is 7.09. The van der Waals surface area contributed by atoms with Gasteiger partial charge in [-0.3, -0.25) is 0 Å². The van der Waals surface area contributed by atoms with Crippen LogP contribution in [0.2, 0.25) is 5.02 Å². The van der Waals surface area contributed by atoms with Crippen LogP contribution in [-0.4, -0.2) is 12.0 Å². The van der Waals surface area contributed by atoms with E-state index in [1.165, 1.54) is 0 Å². The maximum absolute atomic E-state index is 6.16. The predicted octanol–water partition coefficient (Wildman–Crippen LogP) is 4.76. The Hall–Kier alpha value is -1.88. The summed E-state index contributed by atoms with van der Waals surface area (Å²) in [4.78, 5) is 4.64. The lowest BCUT2D eigenvalue weighted by atomic mass is 10.1. The molecule has 0 spiro atoms. The van der Waals surface area contributed by atoms with Crippen molar-refractivity contribution in [2.75, 3.05) is 7.05 Å². The zero-order valence-electron chi connectivity index (χ0n) is 12.8. The van der Waals surface area contributed by atoms with E-state index >= 15 is 0 Å². The first-order chi connectivity index (χ1) is 11.3. The third-order valence-electron chi connectivity index (χ3n) is 3.33. The Morgan fingerprint density at radius 2 is 2.00 bits per heavy atom. The van der Waals surface area contributed by atoms with Gasteiger partial charge >= 0.3 is 0 Å². The number of hydrogen-bond donors (Lipinski definition) is 1. The van der Waals surface area contributed by atoms with Crippen LogP contribution in [0.4, 0.5) is 0 Å². The minimum absolute atomic E-state index is 0.517. The van der Waals surface area contributed by atoms with E-state index < -0.39 is 0 Å². The number of benzene rings is 2. The maximum Gasteiger partial charge on any atom is 0.129 e. The SMILES string of the molecule is CNCc1nc(-c2cc(Cl)ccc2OCc2ccccc2)cs1. The molecule has 23 heavy (non-hydrogen) atoms. The van der Waals surface area contributed by atoms with Crippen LogP contribution < -0.4 is 10.1 Å². The summed E-state index contributed by atoms with van der Waals surface area (Å²) in [5.41, 5.74) is 2.94. The van der Waals surface area contributed by atoms with Crippen molar-refractivity contribution < 1.29 is 4.74 Å². The Labute approximate surface area is 144 Å². The molecule has 118 valence electrons. The second-order valence-corrected chi connectivity index (χ2v) is 6.45. The molecule has 1 heterocycles. The average Bonchev–Trinajstić information content (AvgIpc) is 3.03. The lowest BCUT2D eigenvalue weighted by Crippen LogP contribution is -2.04. The number of rotatable bonds is 6. The first-order valence-electron chi connectivity index (χ1n) is 7.32. The molecule has 1 N–H and O–H groups in total. The quantitative estimate of drug-likeness (QED) is 0.700. The van der Waals surface area contributed by atoms with Gasteiger partial charge in [-0.15, -0.1) is 11.3 Å². The molecule has 3 nitrogen and oxygen atoms in total. The highest BCUT2D eigenvalue weighted by Gasteiger charge is 2.11. The summed E-state index contributed by atoms with van der Waals surface area (Å²) in [7, 11) is 1.91. The van der Waals surface area contributed by atoms with Gasteiger partial charge < -0.3 is 10.1 Å². The van der Waals surface area contributed by atoms with E-state index in [2.05, 4.69) is 10.3 Å². The Morgan fingerprint density at radius 1 is 1.17 bits per heavy atom. The standard InChI is InChI=1S/C18H17ClN2OS/c1-20-10-18-21-16(12-23-18)15-9-14(19)7-8-17(15)22-11-13-5-3-2-4-6-13/h2-9,12,20H,10-11H2,1H3. The van der Waals surface area contributed by atoms with Crippen LogP contribution in [0.3, 0.4) is 0 Å². The molecule has 0 atom stereocenters. The number of nitrogens with one attached hydrogen (secondary N) is 1. The normalized spacial score (nSPS) is 10.7. The van der Waals surface area contributed by atoms with Crippen LogP contribution >= 0.6 is 22.9 Å². The van der Waals surface area contributed by atoms with E-state index in [4.69, 9.17) is 16.3 Å². The summed E-state index contributed by atoms with van der Waals surface area (Å²) in [6, 6.07) is 15.7. The monoisotopic (exact) mass is 344 g/mol. The van der Waals surface area contributed by atoms with Crippen molar-refractivity contribution in [1.29, 1.82) is 0 Å². The van der Waals surface area contributed by atoms with Gasteiger partial charge in [-0.1, -0.05) is 41.9 Å². The topological polar surface area (TPSA) is 34.2 Å². The first kappa shape index (κ1) is 16.0. The summed E-state index contributed by atoms with van der Waals surface area (Å²) in [6.07, 6.45) is 0. The van der Waals surface area contributed by atoms with Crippen LogP contribution in [0.1, 0.15) is 10.6 Å². The average molecular weight is 345 g/mol. The summed E-state index contributed by atoms with van der Waals surface area (Å²) in [5.74, 6) is 0.791. The van der Waals surface area contributed by atoms with Gasteiger partial charge in [0.25, 0.3) is 0 Å². The fourth-order valence-corrected chi connectivity index (χ4v) is 3.21. The second-order valence-electron chi connectivity index (χ2n) is 5.07. The number of halogens is 1. The van der Waals surface area contributed by atoms with Gasteiger partial charge in [-0.2, -0.15) is 0 Å². The Kier molecular flexibility index (Phi) is 5.28. The van der Waals surface area contributed by atoms with E-state index in [1.54, 1.807) is 11.3 Å². The lowest BCUT2D eigenvalue weighted by Gasteiger charge is -2.11. The van der Waals surface area contributed by atoms with Gasteiger partial charge in [0.1, 0.15) is 17.4 Å². The minimum atomic E-state index is 0.517. The molecule has 0 amide bonds. The molecular formula is C18H17ClN2OS. The van der Waals surface area contributed by atoms with Crippen LogP contribution in [0.15, 0.2) is 53.9 Å². The molecule has 0 aliphatic carbocycles. The predicted molar refractivity (Wildman–Crippen MR) is 96.1 cm³/mol. The Morgan fingerprint density at radius 3 is 2.78 bits per heavy atom. The number of thiazole rings is 1. The van der Waals surface area contributed by atoms with Crippen molar-refractivity contribution in [2.24, 2.45) is 0 Å². The number of aromatic nitrogens is 1. The van der Waals surface area contributed by atoms with E-state index in [-0.39, 0.29) is 0 Å². The maximum atomic E-state index is 6.16. The van der Waals surface area contributed by atoms with E-state index in [0.29, 0.717) is 11.6 Å². The van der Waals surface area contributed by atoms with Crippen LogP contribution in [-0.2, 0) is 13.2 Å². The fraction of sp³-hybridized carbons (Fsp3) is 0.167. The second kappa shape index (κ2) is 7.59. The molecule has 0 aliphatic rings. The van der Waals surface area contributed by atoms with Gasteiger partial charge in [0, 0.05) is 22.5 Å². The third kappa shape index (κ3) is 4.10. The van der Waals surface area contributed by atoms with Gasteiger partial charge in [-0.25, -0.2) is 4.98 Å². The van der Waals surface area contributed by atoms with Crippen molar-refractivity contribution in [1.82, 2.24) is 10.3 Å². The highest BCUT2D eigenvalue weighted by Crippen LogP contribution is 2.33. The molecule has 0 saturated heterocycles. The summed E-state index contributed by atoms with van der Waals surface area (Å²) >= 11 is 7.79. The first-order valence-corrected chi connectivity index (χ1v) is 8.57. The van der Waals surface area contributed by atoms with Crippen molar-refractivity contribution >= 4 is 22.9 Å². The number of hydrogen-bond acceptors (Lipinski definition) is 4. The largest absolute Gasteiger partial charge is 0.488 e. The van der Waals surface area contributed by atoms with Gasteiger partial charge in [0.2, 0.25) is 0 Å². The van der Waals surface area contributed by atoms with E-state index in [1.807, 2.05) is 61.0 Å². The van der Waals surface area contributed by atoms with Gasteiger partial charge in [-0.05, 0) is 30.8 Å². The molecule has 3 rings (SSSR count). The van der Waals surface area contributed by atoms with Crippen molar-refractivity contribution in [3.05, 3.63) is 69.5 Å². The van der Waals surface area contributed by atoms with E-state index in [0.717, 1.165) is 34.1 Å². The third-order valence-corrected chi connectivity index (χ3v) is 4.42. The molecule has 3 aromatic rings. The summed E-state index contributed by atoms with van der Waals surface area (Å²) < 4.78 is 5.99. The van der Waals surface area contributed by atoms with Gasteiger partial charge in [0.05, 0.1) is 5.69 Å². The zero-order chi connectivity index (χ0) is 16.1. The minimum Gasteiger partial charge on any atom is -0.488 e. The van der Waals surface area contributed by atoms with E-state index in [9.17, 15) is 0 Å². The molecule has 0 fully saturated rings. The molecule has 5 heteroatoms. The molecule has 0 aliphatic heterocycles. The molecule has 2 aromatic carbocycles. The van der Waals surface area contributed by atoms with Crippen LogP contribution in [0.5, 0.6) is 5.75 Å². The number of ether oxygens (including phenoxy) is 1. The van der Waals surface area contributed by atoms with Crippen LogP contribution in [0, 0.1) is 0 Å². The van der Waals surface area contributed by atoms with Crippen molar-refractivity contribution in [3.63, 3.8) is 0 Å². The van der Waals surface area contributed by atoms with Gasteiger partial charge in [0.15, 0.2) is 0 Å². The molecule has 0 bridgehead atoms. The zero-order valence-corrected chi connectivity index (χ0v) is 14.3. The Bertz CT molecular complexity index is 774. The Balaban J connectivity index is 1.85. The highest BCUT2D eigenvalue weighted by atomic mass is 35.5. The fourth-order valence-electron chi connectivity index (χ4n) is 2.23. The number of nitrogens with zero attached hydrogens (tertiary/aromatic N) is 1.